The number of rotatable bonds is 1. The fraction of sp³-hybridized carbons (Fsp3) is 0.250. The highest BCUT2D eigenvalue weighted by atomic mass is 15.3. The SMILES string of the molecule is Cc1ccc(N2CCN(C)c3ccccc32)cc1N. The Morgan fingerprint density at radius 2 is 1.74 bits per heavy atom. The van der Waals surface area contributed by atoms with Crippen molar-refractivity contribution in [1.29, 1.82) is 0 Å². The zero-order valence-electron chi connectivity index (χ0n) is 11.4. The first-order valence-corrected chi connectivity index (χ1v) is 6.60. The third kappa shape index (κ3) is 2.01. The van der Waals surface area contributed by atoms with Crippen LogP contribution in [0.4, 0.5) is 22.7 Å². The number of hydrogen-bond donors (Lipinski definition) is 1. The Kier molecular flexibility index (Phi) is 2.82. The minimum atomic E-state index is 0.855. The number of hydrogen-bond acceptors (Lipinski definition) is 3. The van der Waals surface area contributed by atoms with Crippen LogP contribution >= 0.6 is 0 Å². The van der Waals surface area contributed by atoms with Crippen LogP contribution in [-0.2, 0) is 0 Å². The topological polar surface area (TPSA) is 32.5 Å². The van der Waals surface area contributed by atoms with Gasteiger partial charge in [-0.15, -0.1) is 0 Å². The van der Waals surface area contributed by atoms with Crippen molar-refractivity contribution in [3.05, 3.63) is 48.0 Å². The van der Waals surface area contributed by atoms with E-state index >= 15 is 0 Å². The molecule has 0 amide bonds. The summed E-state index contributed by atoms with van der Waals surface area (Å²) in [4.78, 5) is 4.63. The van der Waals surface area contributed by atoms with Crippen molar-refractivity contribution in [3.63, 3.8) is 0 Å². The number of nitrogens with zero attached hydrogens (tertiary/aromatic N) is 2. The zero-order valence-corrected chi connectivity index (χ0v) is 11.4. The Balaban J connectivity index is 2.07. The maximum absolute atomic E-state index is 6.04. The number of anilines is 4. The van der Waals surface area contributed by atoms with Crippen LogP contribution < -0.4 is 15.5 Å². The summed E-state index contributed by atoms with van der Waals surface area (Å²) in [6.45, 7) is 4.04. The minimum absolute atomic E-state index is 0.855. The molecule has 2 aromatic carbocycles. The lowest BCUT2D eigenvalue weighted by Gasteiger charge is -2.37. The molecule has 3 rings (SSSR count). The second-order valence-corrected chi connectivity index (χ2v) is 5.10. The molecule has 3 heteroatoms. The van der Waals surface area contributed by atoms with E-state index in [9.17, 15) is 0 Å². The molecule has 98 valence electrons. The lowest BCUT2D eigenvalue weighted by Crippen LogP contribution is -2.36. The van der Waals surface area contributed by atoms with Crippen LogP contribution in [0.5, 0.6) is 0 Å². The Bertz CT molecular complexity index is 607. The summed E-state index contributed by atoms with van der Waals surface area (Å²) < 4.78 is 0. The third-order valence-electron chi connectivity index (χ3n) is 3.82. The van der Waals surface area contributed by atoms with Gasteiger partial charge in [-0.1, -0.05) is 18.2 Å². The smallest absolute Gasteiger partial charge is 0.0649 e. The van der Waals surface area contributed by atoms with Crippen LogP contribution in [0.2, 0.25) is 0 Å². The molecule has 0 atom stereocenters. The Morgan fingerprint density at radius 3 is 2.47 bits per heavy atom. The van der Waals surface area contributed by atoms with E-state index in [1.807, 2.05) is 6.92 Å². The maximum Gasteiger partial charge on any atom is 0.0649 e. The highest BCUT2D eigenvalue weighted by Gasteiger charge is 2.20. The van der Waals surface area contributed by atoms with Crippen molar-refractivity contribution >= 4 is 22.7 Å². The Hall–Kier alpha value is -2.16. The van der Waals surface area contributed by atoms with Gasteiger partial charge in [0.05, 0.1) is 11.4 Å². The average Bonchev–Trinajstić information content (AvgIpc) is 2.43. The lowest BCUT2D eigenvalue weighted by atomic mass is 10.1. The number of para-hydroxylation sites is 2. The van der Waals surface area contributed by atoms with Crippen LogP contribution in [0.1, 0.15) is 5.56 Å². The first-order valence-electron chi connectivity index (χ1n) is 6.60. The van der Waals surface area contributed by atoms with Crippen LogP contribution in [0, 0.1) is 6.92 Å². The standard InChI is InChI=1S/C16H19N3/c1-12-7-8-13(11-14(12)17)19-10-9-18(2)15-5-3-4-6-16(15)19/h3-8,11H,9-10,17H2,1-2H3. The number of nitrogen functional groups attached to an aromatic ring is 1. The molecule has 0 aromatic heterocycles. The van der Waals surface area contributed by atoms with Gasteiger partial charge in [-0.2, -0.15) is 0 Å². The first-order chi connectivity index (χ1) is 9.16. The Labute approximate surface area is 114 Å². The van der Waals surface area contributed by atoms with Gasteiger partial charge in [0, 0.05) is 31.5 Å². The van der Waals surface area contributed by atoms with Crippen molar-refractivity contribution < 1.29 is 0 Å². The molecule has 0 radical (unpaired) electrons. The monoisotopic (exact) mass is 253 g/mol. The number of likely N-dealkylation sites (N-methyl/N-ethyl adjacent to an activating group) is 1. The van der Waals surface area contributed by atoms with Crippen molar-refractivity contribution in [2.45, 2.75) is 6.92 Å². The molecule has 0 spiro atoms. The fourth-order valence-corrected chi connectivity index (χ4v) is 2.57. The highest BCUT2D eigenvalue weighted by Crippen LogP contribution is 2.37. The van der Waals surface area contributed by atoms with E-state index in [-0.39, 0.29) is 0 Å². The van der Waals surface area contributed by atoms with E-state index in [1.165, 1.54) is 17.1 Å². The average molecular weight is 253 g/mol. The second-order valence-electron chi connectivity index (χ2n) is 5.10. The molecule has 1 aliphatic heterocycles. The molecule has 0 saturated carbocycles. The summed E-state index contributed by atoms with van der Waals surface area (Å²) in [5.41, 5.74) is 11.7. The first kappa shape index (κ1) is 11.9. The predicted octanol–water partition coefficient (Wildman–Crippen LogP) is 3.17. The van der Waals surface area contributed by atoms with E-state index in [2.05, 4.69) is 59.3 Å². The molecule has 0 unspecified atom stereocenters. The molecular weight excluding hydrogens is 234 g/mol. The molecule has 2 N–H and O–H groups in total. The summed E-state index contributed by atoms with van der Waals surface area (Å²) in [7, 11) is 2.14. The van der Waals surface area contributed by atoms with Crippen LogP contribution in [-0.4, -0.2) is 20.1 Å². The number of nitrogens with two attached hydrogens (primary N) is 1. The van der Waals surface area contributed by atoms with Gasteiger partial charge in [0.2, 0.25) is 0 Å². The van der Waals surface area contributed by atoms with Gasteiger partial charge >= 0.3 is 0 Å². The highest BCUT2D eigenvalue weighted by molar-refractivity contribution is 5.80. The van der Waals surface area contributed by atoms with Crippen molar-refractivity contribution in [2.24, 2.45) is 0 Å². The summed E-state index contributed by atoms with van der Waals surface area (Å²) in [6, 6.07) is 14.8. The molecule has 19 heavy (non-hydrogen) atoms. The number of benzene rings is 2. The molecule has 1 heterocycles. The van der Waals surface area contributed by atoms with E-state index in [1.54, 1.807) is 0 Å². The second kappa shape index (κ2) is 4.50. The molecule has 2 aromatic rings. The summed E-state index contributed by atoms with van der Waals surface area (Å²) in [6.07, 6.45) is 0. The van der Waals surface area contributed by atoms with E-state index in [4.69, 9.17) is 5.73 Å². The van der Waals surface area contributed by atoms with Crippen molar-refractivity contribution in [2.75, 3.05) is 35.7 Å². The normalized spacial score (nSPS) is 14.4. The van der Waals surface area contributed by atoms with Gasteiger partial charge in [0.15, 0.2) is 0 Å². The van der Waals surface area contributed by atoms with Crippen LogP contribution in [0.3, 0.4) is 0 Å². The molecular formula is C16H19N3. The third-order valence-corrected chi connectivity index (χ3v) is 3.82. The maximum atomic E-state index is 6.04. The van der Waals surface area contributed by atoms with Crippen LogP contribution in [0.15, 0.2) is 42.5 Å². The van der Waals surface area contributed by atoms with E-state index in [0.29, 0.717) is 0 Å². The quantitative estimate of drug-likeness (QED) is 0.792. The van der Waals surface area contributed by atoms with Gasteiger partial charge in [0.1, 0.15) is 0 Å². The fourth-order valence-electron chi connectivity index (χ4n) is 2.57. The Morgan fingerprint density at radius 1 is 1.00 bits per heavy atom. The van der Waals surface area contributed by atoms with Crippen molar-refractivity contribution in [3.8, 4) is 0 Å². The van der Waals surface area contributed by atoms with Gasteiger partial charge in [-0.25, -0.2) is 0 Å². The molecule has 0 aliphatic carbocycles. The number of fused-ring (bicyclic) bond motifs is 1. The molecule has 1 aliphatic rings. The number of aryl methyl sites for hydroxylation is 1. The molecule has 0 bridgehead atoms. The largest absolute Gasteiger partial charge is 0.398 e. The molecule has 0 fully saturated rings. The van der Waals surface area contributed by atoms with Gasteiger partial charge < -0.3 is 15.5 Å². The van der Waals surface area contributed by atoms with Gasteiger partial charge in [-0.05, 0) is 36.8 Å². The zero-order chi connectivity index (χ0) is 13.4. The lowest BCUT2D eigenvalue weighted by molar-refractivity contribution is 0.822. The summed E-state index contributed by atoms with van der Waals surface area (Å²) in [5.74, 6) is 0. The molecule has 3 nitrogen and oxygen atoms in total. The van der Waals surface area contributed by atoms with Crippen LogP contribution in [0.25, 0.3) is 0 Å². The summed E-state index contributed by atoms with van der Waals surface area (Å²) in [5, 5.41) is 0. The van der Waals surface area contributed by atoms with E-state index in [0.717, 1.165) is 24.3 Å². The molecule has 0 saturated heterocycles. The minimum Gasteiger partial charge on any atom is -0.398 e. The van der Waals surface area contributed by atoms with Crippen molar-refractivity contribution in [1.82, 2.24) is 0 Å². The van der Waals surface area contributed by atoms with Gasteiger partial charge in [-0.3, -0.25) is 0 Å². The van der Waals surface area contributed by atoms with Gasteiger partial charge in [0.25, 0.3) is 0 Å². The summed E-state index contributed by atoms with van der Waals surface area (Å²) >= 11 is 0. The van der Waals surface area contributed by atoms with E-state index < -0.39 is 0 Å². The predicted molar refractivity (Wildman–Crippen MR) is 82.3 cm³/mol.